The number of halogens is 1. The van der Waals surface area contributed by atoms with Crippen LogP contribution in [0.4, 0.5) is 5.69 Å². The van der Waals surface area contributed by atoms with E-state index in [0.29, 0.717) is 11.3 Å². The lowest BCUT2D eigenvalue weighted by atomic mass is 10.1. The Morgan fingerprint density at radius 1 is 1.24 bits per heavy atom. The maximum Gasteiger partial charge on any atom is 0.344 e. The first-order valence-electron chi connectivity index (χ1n) is 8.51. The number of carboxylic acids is 1. The maximum atomic E-state index is 12.7. The Hall–Kier alpha value is -3.52. The van der Waals surface area contributed by atoms with Crippen LogP contribution in [0.15, 0.2) is 48.0 Å². The molecule has 1 fully saturated rings. The van der Waals surface area contributed by atoms with Crippen molar-refractivity contribution in [3.8, 4) is 11.5 Å². The van der Waals surface area contributed by atoms with Gasteiger partial charge in [0.25, 0.3) is 11.8 Å². The average Bonchev–Trinajstić information content (AvgIpc) is 2.98. The Kier molecular flexibility index (Phi) is 5.74. The van der Waals surface area contributed by atoms with Gasteiger partial charge in [-0.1, -0.05) is 29.8 Å². The monoisotopic (exact) mass is 416 g/mol. The predicted molar refractivity (Wildman–Crippen MR) is 106 cm³/mol. The highest BCUT2D eigenvalue weighted by atomic mass is 35.5. The molecule has 0 spiro atoms. The van der Waals surface area contributed by atoms with Crippen LogP contribution in [0.5, 0.6) is 11.5 Å². The van der Waals surface area contributed by atoms with Gasteiger partial charge in [0.1, 0.15) is 5.57 Å². The van der Waals surface area contributed by atoms with Gasteiger partial charge in [0.05, 0.1) is 17.8 Å². The first kappa shape index (κ1) is 20.2. The molecule has 0 radical (unpaired) electrons. The summed E-state index contributed by atoms with van der Waals surface area (Å²) in [5.74, 6) is -2.02. The van der Waals surface area contributed by atoms with E-state index in [2.05, 4.69) is 5.43 Å². The van der Waals surface area contributed by atoms with Gasteiger partial charge in [0, 0.05) is 0 Å². The van der Waals surface area contributed by atoms with E-state index in [0.717, 1.165) is 5.01 Å². The zero-order valence-electron chi connectivity index (χ0n) is 15.5. The molecule has 2 N–H and O–H groups in total. The van der Waals surface area contributed by atoms with Gasteiger partial charge in [-0.2, -0.15) is 0 Å². The average molecular weight is 417 g/mol. The molecule has 3 rings (SSSR count). The third-order valence-corrected chi connectivity index (χ3v) is 4.39. The van der Waals surface area contributed by atoms with Gasteiger partial charge < -0.3 is 14.6 Å². The van der Waals surface area contributed by atoms with Crippen LogP contribution < -0.4 is 19.9 Å². The molecule has 9 heteroatoms. The van der Waals surface area contributed by atoms with Crippen molar-refractivity contribution >= 4 is 41.1 Å². The summed E-state index contributed by atoms with van der Waals surface area (Å²) in [6.07, 6.45) is 0.228. The number of nitrogens with zero attached hydrogens (tertiary/aromatic N) is 1. The van der Waals surface area contributed by atoms with Crippen molar-refractivity contribution in [1.82, 2.24) is 5.43 Å². The summed E-state index contributed by atoms with van der Waals surface area (Å²) in [4.78, 5) is 36.0. The third-order valence-electron chi connectivity index (χ3n) is 4.11. The zero-order chi connectivity index (χ0) is 21.1. The molecular weight excluding hydrogens is 400 g/mol. The molecule has 1 saturated heterocycles. The van der Waals surface area contributed by atoms with Gasteiger partial charge >= 0.3 is 5.97 Å². The number of rotatable bonds is 6. The van der Waals surface area contributed by atoms with Crippen molar-refractivity contribution in [1.29, 1.82) is 0 Å². The normalized spacial score (nSPS) is 16.0. The first-order valence-corrected chi connectivity index (χ1v) is 8.88. The molecule has 2 aromatic carbocycles. The van der Waals surface area contributed by atoms with E-state index in [9.17, 15) is 14.4 Å². The molecule has 0 saturated carbocycles. The quantitative estimate of drug-likeness (QED) is 0.554. The standard InChI is InChI=1S/C20H17ClN2O6/c1-11(20(26)27)29-17-15(21)9-12(10-16(17)28-2)8-14-18(24)22-23(19(14)25)13-6-4-3-5-7-13/h3-11H,1-2H3,(H,22,24)(H,26,27). The molecule has 8 nitrogen and oxygen atoms in total. The van der Waals surface area contributed by atoms with E-state index in [4.69, 9.17) is 26.2 Å². The van der Waals surface area contributed by atoms with E-state index < -0.39 is 23.9 Å². The molecule has 1 atom stereocenters. The number of aliphatic carboxylic acids is 1. The molecule has 1 aliphatic heterocycles. The lowest BCUT2D eigenvalue weighted by molar-refractivity contribution is -0.144. The fourth-order valence-electron chi connectivity index (χ4n) is 2.65. The molecule has 1 unspecified atom stereocenters. The van der Waals surface area contributed by atoms with Crippen LogP contribution in [0.3, 0.4) is 0 Å². The minimum Gasteiger partial charge on any atom is -0.493 e. The summed E-state index contributed by atoms with van der Waals surface area (Å²) >= 11 is 6.22. The van der Waals surface area contributed by atoms with Crippen LogP contribution in [0.25, 0.3) is 6.08 Å². The maximum absolute atomic E-state index is 12.7. The van der Waals surface area contributed by atoms with E-state index in [1.807, 2.05) is 0 Å². The number of anilines is 1. The summed E-state index contributed by atoms with van der Waals surface area (Å²) in [6.45, 7) is 1.35. The van der Waals surface area contributed by atoms with Gasteiger partial charge in [-0.05, 0) is 42.8 Å². The highest BCUT2D eigenvalue weighted by Gasteiger charge is 2.34. The van der Waals surface area contributed by atoms with E-state index in [1.165, 1.54) is 32.2 Å². The number of para-hydroxylation sites is 1. The Balaban J connectivity index is 1.94. The Morgan fingerprint density at radius 3 is 2.55 bits per heavy atom. The molecule has 0 bridgehead atoms. The van der Waals surface area contributed by atoms with E-state index in [-0.39, 0.29) is 22.1 Å². The molecule has 1 aliphatic rings. The summed E-state index contributed by atoms with van der Waals surface area (Å²) in [6, 6.07) is 11.6. The number of ether oxygens (including phenoxy) is 2. The molecule has 0 aliphatic carbocycles. The van der Waals surface area contributed by atoms with Gasteiger partial charge in [-0.15, -0.1) is 0 Å². The van der Waals surface area contributed by atoms with Gasteiger partial charge in [0.15, 0.2) is 17.6 Å². The topological polar surface area (TPSA) is 105 Å². The largest absolute Gasteiger partial charge is 0.493 e. The highest BCUT2D eigenvalue weighted by Crippen LogP contribution is 2.38. The molecule has 29 heavy (non-hydrogen) atoms. The number of carbonyl (C=O) groups excluding carboxylic acids is 2. The van der Waals surface area contributed by atoms with Crippen LogP contribution >= 0.6 is 11.6 Å². The molecule has 0 aromatic heterocycles. The van der Waals surface area contributed by atoms with Crippen LogP contribution in [-0.2, 0) is 14.4 Å². The zero-order valence-corrected chi connectivity index (χ0v) is 16.3. The minimum atomic E-state index is -1.16. The number of amides is 2. The highest BCUT2D eigenvalue weighted by molar-refractivity contribution is 6.33. The van der Waals surface area contributed by atoms with Crippen LogP contribution in [0.1, 0.15) is 12.5 Å². The van der Waals surface area contributed by atoms with Gasteiger partial charge in [-0.25, -0.2) is 9.80 Å². The van der Waals surface area contributed by atoms with Crippen molar-refractivity contribution in [2.75, 3.05) is 12.1 Å². The van der Waals surface area contributed by atoms with Gasteiger partial charge in [0.2, 0.25) is 0 Å². The molecular formula is C20H17ClN2O6. The SMILES string of the molecule is COc1cc(C=C2C(=O)NN(c3ccccc3)C2=O)cc(Cl)c1OC(C)C(=O)O. The lowest BCUT2D eigenvalue weighted by Gasteiger charge is -2.16. The predicted octanol–water partition coefficient (Wildman–Crippen LogP) is 2.66. The number of hydrogen-bond acceptors (Lipinski definition) is 5. The van der Waals surface area contributed by atoms with Crippen LogP contribution in [0.2, 0.25) is 5.02 Å². The van der Waals surface area contributed by atoms with Gasteiger partial charge in [-0.3, -0.25) is 15.0 Å². The fraction of sp³-hybridized carbons (Fsp3) is 0.150. The third kappa shape index (κ3) is 4.17. The molecule has 1 heterocycles. The van der Waals surface area contributed by atoms with Crippen molar-refractivity contribution < 1.29 is 29.0 Å². The smallest absolute Gasteiger partial charge is 0.344 e. The second kappa shape index (κ2) is 8.24. The summed E-state index contributed by atoms with van der Waals surface area (Å²) in [5, 5.41) is 10.2. The Morgan fingerprint density at radius 2 is 1.93 bits per heavy atom. The van der Waals surface area contributed by atoms with Crippen molar-refractivity contribution in [3.05, 3.63) is 58.6 Å². The number of hydrazine groups is 1. The molecule has 2 amide bonds. The van der Waals surface area contributed by atoms with E-state index >= 15 is 0 Å². The first-order chi connectivity index (χ1) is 13.8. The number of hydrogen-bond donors (Lipinski definition) is 2. The minimum absolute atomic E-state index is 0.0549. The van der Waals surface area contributed by atoms with Crippen molar-refractivity contribution in [2.24, 2.45) is 0 Å². The van der Waals surface area contributed by atoms with Crippen LogP contribution in [0, 0.1) is 0 Å². The number of carbonyl (C=O) groups is 3. The van der Waals surface area contributed by atoms with Crippen molar-refractivity contribution in [2.45, 2.75) is 13.0 Å². The fourth-order valence-corrected chi connectivity index (χ4v) is 2.91. The summed E-state index contributed by atoms with van der Waals surface area (Å²) < 4.78 is 10.6. The second-order valence-electron chi connectivity index (χ2n) is 6.11. The summed E-state index contributed by atoms with van der Waals surface area (Å²) in [5.41, 5.74) is 3.36. The molecule has 150 valence electrons. The van der Waals surface area contributed by atoms with Crippen LogP contribution in [-0.4, -0.2) is 36.1 Å². The van der Waals surface area contributed by atoms with E-state index in [1.54, 1.807) is 30.3 Å². The summed E-state index contributed by atoms with van der Waals surface area (Å²) in [7, 11) is 1.37. The van der Waals surface area contributed by atoms with Crippen molar-refractivity contribution in [3.63, 3.8) is 0 Å². The lowest BCUT2D eigenvalue weighted by Crippen LogP contribution is -2.35. The number of nitrogens with one attached hydrogen (secondary N) is 1. The molecule has 2 aromatic rings. The Labute approximate surface area is 171 Å². The Bertz CT molecular complexity index is 1010. The number of carboxylic acid groups (broad SMARTS) is 1. The number of methoxy groups -OCH3 is 1. The second-order valence-corrected chi connectivity index (χ2v) is 6.51. The number of benzene rings is 2.